The van der Waals surface area contributed by atoms with Gasteiger partial charge in [0.25, 0.3) is 0 Å². The second-order valence-electron chi connectivity index (χ2n) is 13.8. The summed E-state index contributed by atoms with van der Waals surface area (Å²) in [6, 6.07) is 19.6. The lowest BCUT2D eigenvalue weighted by molar-refractivity contribution is 0.943. The molecule has 0 bridgehead atoms. The number of imidazole rings is 1. The van der Waals surface area contributed by atoms with Crippen molar-refractivity contribution in [1.82, 2.24) is 13.2 Å². The highest BCUT2D eigenvalue weighted by molar-refractivity contribution is 7.82. The highest BCUT2D eigenvalue weighted by Crippen LogP contribution is 2.48. The number of fused-ring (bicyclic) bond motifs is 11. The minimum atomic E-state index is -1.29. The van der Waals surface area contributed by atoms with Crippen molar-refractivity contribution in [3.8, 4) is 11.1 Å². The molecule has 51 heavy (non-hydrogen) atoms. The molecule has 4 heterocycles. The van der Waals surface area contributed by atoms with Crippen LogP contribution in [0.2, 0.25) is 0 Å². The number of aromatic nitrogens is 3. The molecule has 0 saturated heterocycles. The summed E-state index contributed by atoms with van der Waals surface area (Å²) < 4.78 is 5.97. The molecule has 2 N–H and O–H groups in total. The zero-order chi connectivity index (χ0) is 36.6. The van der Waals surface area contributed by atoms with E-state index in [9.17, 15) is 0 Å². The van der Waals surface area contributed by atoms with Gasteiger partial charge in [0.2, 0.25) is 0 Å². The molecule has 8 heteroatoms. The van der Waals surface area contributed by atoms with Gasteiger partial charge in [0, 0.05) is 36.3 Å². The van der Waals surface area contributed by atoms with Gasteiger partial charge >= 0.3 is 0 Å². The van der Waals surface area contributed by atoms with Gasteiger partial charge in [-0.05, 0) is 122 Å². The summed E-state index contributed by atoms with van der Waals surface area (Å²) in [4.78, 5) is 2.04. The number of hydrogen-bond donors (Lipinski definition) is 4. The molecule has 5 aromatic carbocycles. The standard InChI is InChI=1S/C41H35BN4S3.C2H6/c1-8-26-18(2)21(5)39(48)34-28-15-24(33-19(3)22(6)38(47)23(7)20(33)4)16-32-35(28)46(36(26)34)37-27-14-13-25(41(42,43)49)17-31(27)44-29-11-9-10-12-30(29)45(32)40(37)44;1-2/h8-17,47-49H,1,43H2,2-7H3;1-2H3. The van der Waals surface area contributed by atoms with Crippen LogP contribution >= 0.6 is 37.9 Å². The van der Waals surface area contributed by atoms with Crippen LogP contribution in [0.15, 0.2) is 71.0 Å². The van der Waals surface area contributed by atoms with E-state index in [4.69, 9.17) is 38.8 Å². The Hall–Kier alpha value is -3.95. The number of nitrogens with zero attached hydrogens (tertiary/aromatic N) is 3. The Morgan fingerprint density at radius 3 is 1.84 bits per heavy atom. The third-order valence-electron chi connectivity index (χ3n) is 11.4. The molecule has 9 rings (SSSR count). The molecule has 0 aliphatic heterocycles. The van der Waals surface area contributed by atoms with Crippen molar-refractivity contribution in [2.24, 2.45) is 5.73 Å². The molecule has 2 radical (unpaired) electrons. The summed E-state index contributed by atoms with van der Waals surface area (Å²) in [5, 5.41) is 3.39. The molecule has 0 aliphatic carbocycles. The average Bonchev–Trinajstić information content (AvgIpc) is 3.76. The van der Waals surface area contributed by atoms with Crippen molar-refractivity contribution < 1.29 is 0 Å². The number of para-hydroxylation sites is 2. The number of hydrogen-bond acceptors (Lipinski definition) is 4. The highest BCUT2D eigenvalue weighted by atomic mass is 32.1. The topological polar surface area (TPSA) is 39.2 Å². The third kappa shape index (κ3) is 4.31. The van der Waals surface area contributed by atoms with E-state index in [0.717, 1.165) is 86.9 Å². The summed E-state index contributed by atoms with van der Waals surface area (Å²) in [5.41, 5.74) is 26.7. The molecule has 4 nitrogen and oxygen atoms in total. The van der Waals surface area contributed by atoms with Gasteiger partial charge in [0.1, 0.15) is 13.5 Å². The predicted octanol–water partition coefficient (Wildman–Crippen LogP) is 11.4. The minimum Gasteiger partial charge on any atom is -0.321 e. The molecule has 4 aromatic heterocycles. The van der Waals surface area contributed by atoms with Crippen LogP contribution < -0.4 is 5.73 Å². The Bertz CT molecular complexity index is 2940. The smallest absolute Gasteiger partial charge is 0.148 e. The number of rotatable bonds is 3. The van der Waals surface area contributed by atoms with Crippen LogP contribution in [-0.4, -0.2) is 21.0 Å². The molecular weight excluding hydrogens is 680 g/mol. The second-order valence-corrected chi connectivity index (χ2v) is 15.4. The zero-order valence-electron chi connectivity index (χ0n) is 30.3. The van der Waals surface area contributed by atoms with Crippen molar-refractivity contribution in [3.05, 3.63) is 106 Å². The summed E-state index contributed by atoms with van der Waals surface area (Å²) >= 11 is 14.7. The van der Waals surface area contributed by atoms with Gasteiger partial charge in [0.15, 0.2) is 0 Å². The molecule has 0 saturated carbocycles. The van der Waals surface area contributed by atoms with Crippen LogP contribution in [-0.2, 0) is 4.77 Å². The molecule has 9 aromatic rings. The van der Waals surface area contributed by atoms with Crippen LogP contribution in [0.1, 0.15) is 58.4 Å². The van der Waals surface area contributed by atoms with E-state index in [-0.39, 0.29) is 0 Å². The SMILES string of the molecule is CC.[B]C(N)(S)c1ccc2c(c1)n1c3ccccc3n3c4cc(-c5c(C)c(C)c(S)c(C)c5C)cc5c6c(S)c(C)c(C)c(C=C)c6n(c54)c2c13. The minimum absolute atomic E-state index is 0.743. The lowest BCUT2D eigenvalue weighted by Gasteiger charge is -2.19. The molecule has 0 aliphatic rings. The largest absolute Gasteiger partial charge is 0.321 e. The molecular formula is C43H41BN4S3. The summed E-state index contributed by atoms with van der Waals surface area (Å²) in [6.07, 6.45) is 2.00. The summed E-state index contributed by atoms with van der Waals surface area (Å²) in [5.74, 6) is 0. The van der Waals surface area contributed by atoms with E-state index in [2.05, 4.69) is 122 Å². The first-order valence-electron chi connectivity index (χ1n) is 17.4. The third-order valence-corrected chi connectivity index (χ3v) is 12.8. The monoisotopic (exact) mass is 720 g/mol. The van der Waals surface area contributed by atoms with Crippen LogP contribution in [0, 0.1) is 41.5 Å². The number of thiol groups is 3. The van der Waals surface area contributed by atoms with Gasteiger partial charge in [-0.3, -0.25) is 8.80 Å². The Labute approximate surface area is 316 Å². The van der Waals surface area contributed by atoms with Crippen LogP contribution in [0.25, 0.3) is 77.6 Å². The first-order chi connectivity index (χ1) is 24.3. The van der Waals surface area contributed by atoms with Crippen molar-refractivity contribution in [1.29, 1.82) is 0 Å². The van der Waals surface area contributed by atoms with Crippen molar-refractivity contribution in [2.75, 3.05) is 0 Å². The van der Waals surface area contributed by atoms with E-state index in [1.807, 2.05) is 26.0 Å². The average molecular weight is 721 g/mol. The lowest BCUT2D eigenvalue weighted by Crippen LogP contribution is -2.30. The van der Waals surface area contributed by atoms with E-state index in [1.54, 1.807) is 0 Å². The van der Waals surface area contributed by atoms with Gasteiger partial charge in [-0.15, -0.1) is 25.3 Å². The Kier molecular flexibility index (Phi) is 7.72. The predicted molar refractivity (Wildman–Crippen MR) is 231 cm³/mol. The molecule has 0 spiro atoms. The van der Waals surface area contributed by atoms with Crippen LogP contribution in [0.5, 0.6) is 0 Å². The molecule has 1 atom stereocenters. The van der Waals surface area contributed by atoms with Crippen molar-refractivity contribution in [2.45, 2.75) is 70.0 Å². The van der Waals surface area contributed by atoms with Crippen LogP contribution in [0.4, 0.5) is 0 Å². The maximum absolute atomic E-state index is 6.36. The number of benzene rings is 5. The van der Waals surface area contributed by atoms with E-state index in [1.165, 1.54) is 38.9 Å². The van der Waals surface area contributed by atoms with Gasteiger partial charge in [0.05, 0.1) is 38.6 Å². The maximum Gasteiger partial charge on any atom is 0.148 e. The molecule has 0 fully saturated rings. The fourth-order valence-electron chi connectivity index (χ4n) is 8.53. The number of nitrogens with two attached hydrogens (primary N) is 1. The quantitative estimate of drug-likeness (QED) is 0.0819. The van der Waals surface area contributed by atoms with E-state index < -0.39 is 4.77 Å². The molecule has 0 amide bonds. The molecule has 1 unspecified atom stereocenters. The fraction of sp³-hybridized carbons (Fsp3) is 0.209. The Balaban J connectivity index is 0.00000184. The first kappa shape index (κ1) is 34.2. The summed E-state index contributed by atoms with van der Waals surface area (Å²) in [6.45, 7) is 21.5. The van der Waals surface area contributed by atoms with E-state index >= 15 is 0 Å². The zero-order valence-corrected chi connectivity index (χ0v) is 33.0. The lowest BCUT2D eigenvalue weighted by atomic mass is 9.88. The van der Waals surface area contributed by atoms with Gasteiger partial charge in [-0.25, -0.2) is 0 Å². The van der Waals surface area contributed by atoms with E-state index in [0.29, 0.717) is 0 Å². The highest BCUT2D eigenvalue weighted by Gasteiger charge is 2.29. The summed E-state index contributed by atoms with van der Waals surface area (Å²) in [7, 11) is 6.36. The normalized spacial score (nSPS) is 13.4. The first-order valence-corrected chi connectivity index (χ1v) is 18.8. The fourth-order valence-corrected chi connectivity index (χ4v) is 9.39. The Morgan fingerprint density at radius 1 is 0.667 bits per heavy atom. The van der Waals surface area contributed by atoms with Crippen molar-refractivity contribution in [3.63, 3.8) is 0 Å². The van der Waals surface area contributed by atoms with Gasteiger partial charge in [-0.2, -0.15) is 12.6 Å². The van der Waals surface area contributed by atoms with Gasteiger partial charge < -0.3 is 10.1 Å². The Morgan fingerprint density at radius 2 is 1.25 bits per heavy atom. The maximum atomic E-state index is 6.36. The second kappa shape index (κ2) is 11.5. The van der Waals surface area contributed by atoms with Gasteiger partial charge in [-0.1, -0.05) is 50.8 Å². The molecule has 254 valence electrons. The van der Waals surface area contributed by atoms with Crippen LogP contribution in [0.3, 0.4) is 0 Å². The van der Waals surface area contributed by atoms with Crippen molar-refractivity contribution >= 4 is 112 Å².